The van der Waals surface area contributed by atoms with Crippen molar-refractivity contribution in [3.8, 4) is 23.0 Å². The molecule has 208 valence electrons. The summed E-state index contributed by atoms with van der Waals surface area (Å²) in [5.74, 6) is 2.42. The van der Waals surface area contributed by atoms with E-state index in [1.807, 2.05) is 77.7 Å². The Kier molecular flexibility index (Phi) is 7.80. The molecule has 1 unspecified atom stereocenters. The minimum Gasteiger partial charge on any atom is -0.494 e. The Morgan fingerprint density at radius 3 is 2.78 bits per heavy atom. The average molecular weight is 550 g/mol. The molecule has 4 heterocycles. The van der Waals surface area contributed by atoms with Gasteiger partial charge in [-0.2, -0.15) is 0 Å². The van der Waals surface area contributed by atoms with Crippen molar-refractivity contribution in [3.05, 3.63) is 114 Å². The number of rotatable bonds is 4. The number of benzene rings is 3. The Morgan fingerprint density at radius 2 is 1.88 bits per heavy atom. The van der Waals surface area contributed by atoms with Crippen LogP contribution in [0.3, 0.4) is 0 Å². The second kappa shape index (κ2) is 12.1. The number of carbonyl (C=O) groups excluding carboxylic acids is 2. The van der Waals surface area contributed by atoms with Gasteiger partial charge in [0.2, 0.25) is 5.91 Å². The molecule has 8 heteroatoms. The molecule has 4 aromatic rings. The molecule has 7 rings (SSSR count). The molecule has 1 N–H and O–H groups in total. The zero-order valence-corrected chi connectivity index (χ0v) is 22.6. The molecule has 0 saturated heterocycles. The van der Waals surface area contributed by atoms with E-state index in [9.17, 15) is 9.59 Å². The molecule has 0 saturated carbocycles. The number of carbonyl (C=O) groups is 2. The predicted octanol–water partition coefficient (Wildman–Crippen LogP) is 5.33. The summed E-state index contributed by atoms with van der Waals surface area (Å²) in [7, 11) is 0. The third-order valence-electron chi connectivity index (χ3n) is 7.25. The topological polar surface area (TPSA) is 90.0 Å². The smallest absolute Gasteiger partial charge is 0.252 e. The Hall–Kier alpha value is -4.85. The quantitative estimate of drug-likeness (QED) is 0.370. The van der Waals surface area contributed by atoms with Gasteiger partial charge < -0.3 is 24.4 Å². The standard InChI is InChI=1S/C33H31N3O5/c37-31(13-17-40-26-7-2-1-3-8-26)36-15-12-23-18-28-10-11-30(23)32(36)24-6-4-9-27(19-24)39-16-5-14-35-33(38)25-20-29(41-28)22-34-21-25/h1-4,6-11,18-22,32H,5,12-17H2,(H,35,38). The van der Waals surface area contributed by atoms with Gasteiger partial charge in [-0.1, -0.05) is 36.4 Å². The summed E-state index contributed by atoms with van der Waals surface area (Å²) in [5, 5.41) is 2.91. The van der Waals surface area contributed by atoms with Crippen LogP contribution in [0.2, 0.25) is 0 Å². The van der Waals surface area contributed by atoms with Gasteiger partial charge in [-0.25, -0.2) is 0 Å². The number of para-hydroxylation sites is 1. The van der Waals surface area contributed by atoms with Crippen LogP contribution < -0.4 is 19.5 Å². The van der Waals surface area contributed by atoms with Crippen molar-refractivity contribution in [2.24, 2.45) is 0 Å². The number of ether oxygens (including phenoxy) is 3. The van der Waals surface area contributed by atoms with Crippen molar-refractivity contribution in [1.82, 2.24) is 15.2 Å². The van der Waals surface area contributed by atoms with Crippen LogP contribution in [0.4, 0.5) is 0 Å². The molecule has 0 fully saturated rings. The second-order valence-corrected chi connectivity index (χ2v) is 10.1. The van der Waals surface area contributed by atoms with Crippen molar-refractivity contribution in [1.29, 1.82) is 0 Å². The molecule has 8 bridgehead atoms. The lowest BCUT2D eigenvalue weighted by atomic mass is 9.87. The van der Waals surface area contributed by atoms with E-state index in [1.165, 1.54) is 6.20 Å². The molecule has 8 nitrogen and oxygen atoms in total. The van der Waals surface area contributed by atoms with E-state index in [0.29, 0.717) is 56.2 Å². The highest BCUT2D eigenvalue weighted by Gasteiger charge is 2.32. The van der Waals surface area contributed by atoms with Crippen molar-refractivity contribution >= 4 is 11.8 Å². The molecule has 41 heavy (non-hydrogen) atoms. The first-order valence-corrected chi connectivity index (χ1v) is 13.9. The summed E-state index contributed by atoms with van der Waals surface area (Å²) in [4.78, 5) is 32.3. The van der Waals surface area contributed by atoms with Gasteiger partial charge in [-0.3, -0.25) is 14.6 Å². The van der Waals surface area contributed by atoms with Gasteiger partial charge in [-0.15, -0.1) is 0 Å². The normalized spacial score (nSPS) is 16.4. The third kappa shape index (κ3) is 6.17. The molecule has 3 aromatic carbocycles. The van der Waals surface area contributed by atoms with Gasteiger partial charge in [0.25, 0.3) is 5.91 Å². The fourth-order valence-electron chi connectivity index (χ4n) is 5.29. The number of pyridine rings is 1. The fraction of sp³-hybridized carbons (Fsp3) is 0.242. The van der Waals surface area contributed by atoms with E-state index in [0.717, 1.165) is 28.2 Å². The van der Waals surface area contributed by atoms with E-state index in [1.54, 1.807) is 12.3 Å². The first-order chi connectivity index (χ1) is 20.1. The van der Waals surface area contributed by atoms with Crippen molar-refractivity contribution < 1.29 is 23.8 Å². The Bertz CT molecular complexity index is 1540. The van der Waals surface area contributed by atoms with Crippen LogP contribution in [0.25, 0.3) is 0 Å². The zero-order valence-electron chi connectivity index (χ0n) is 22.6. The van der Waals surface area contributed by atoms with Crippen LogP contribution in [0.15, 0.2) is 91.3 Å². The fourth-order valence-corrected chi connectivity index (χ4v) is 5.29. The average Bonchev–Trinajstić information content (AvgIpc) is 3.00. The maximum Gasteiger partial charge on any atom is 0.252 e. The van der Waals surface area contributed by atoms with E-state index in [2.05, 4.69) is 10.3 Å². The monoisotopic (exact) mass is 549 g/mol. The SMILES string of the molecule is O=C1NCCCOc2cccc(c2)C2c3ccc(cc3CCN2C(=O)CCOc2ccccc2)Oc2cncc1c2. The van der Waals surface area contributed by atoms with Crippen molar-refractivity contribution in [2.75, 3.05) is 26.3 Å². The van der Waals surface area contributed by atoms with Gasteiger partial charge in [0.15, 0.2) is 0 Å². The van der Waals surface area contributed by atoms with E-state index in [4.69, 9.17) is 14.2 Å². The summed E-state index contributed by atoms with van der Waals surface area (Å²) in [5.41, 5.74) is 3.55. The van der Waals surface area contributed by atoms with Gasteiger partial charge in [0, 0.05) is 19.3 Å². The maximum atomic E-state index is 13.6. The Morgan fingerprint density at radius 1 is 0.976 bits per heavy atom. The highest BCUT2D eigenvalue weighted by Crippen LogP contribution is 2.39. The van der Waals surface area contributed by atoms with Crippen LogP contribution in [0.5, 0.6) is 23.0 Å². The molecular formula is C33H31N3O5. The molecule has 1 atom stereocenters. The summed E-state index contributed by atoms with van der Waals surface area (Å²) in [6, 6.07) is 24.8. The number of hydrogen-bond donors (Lipinski definition) is 1. The highest BCUT2D eigenvalue weighted by molar-refractivity contribution is 5.94. The van der Waals surface area contributed by atoms with Crippen LogP contribution >= 0.6 is 0 Å². The van der Waals surface area contributed by atoms with Crippen molar-refractivity contribution in [2.45, 2.75) is 25.3 Å². The molecular weight excluding hydrogens is 518 g/mol. The number of hydrogen-bond acceptors (Lipinski definition) is 6. The van der Waals surface area contributed by atoms with Crippen LogP contribution in [-0.4, -0.2) is 48.0 Å². The van der Waals surface area contributed by atoms with E-state index >= 15 is 0 Å². The summed E-state index contributed by atoms with van der Waals surface area (Å²) in [6.45, 7) is 1.77. The third-order valence-corrected chi connectivity index (χ3v) is 7.25. The van der Waals surface area contributed by atoms with Crippen molar-refractivity contribution in [3.63, 3.8) is 0 Å². The number of amides is 2. The van der Waals surface area contributed by atoms with Gasteiger partial charge in [0.05, 0.1) is 37.4 Å². The number of fused-ring (bicyclic) bond motifs is 6. The highest BCUT2D eigenvalue weighted by atomic mass is 16.5. The minimum absolute atomic E-state index is 0.0315. The number of nitrogens with zero attached hydrogens (tertiary/aromatic N) is 2. The molecule has 0 aliphatic carbocycles. The lowest BCUT2D eigenvalue weighted by Crippen LogP contribution is -2.41. The number of aromatic nitrogens is 1. The van der Waals surface area contributed by atoms with Crippen LogP contribution in [0, 0.1) is 0 Å². The molecule has 1 aromatic heterocycles. The number of nitrogens with one attached hydrogen (secondary N) is 1. The van der Waals surface area contributed by atoms with E-state index < -0.39 is 0 Å². The summed E-state index contributed by atoms with van der Waals surface area (Å²) < 4.78 is 18.0. The minimum atomic E-state index is -0.274. The van der Waals surface area contributed by atoms with Gasteiger partial charge >= 0.3 is 0 Å². The molecule has 0 radical (unpaired) electrons. The predicted molar refractivity (Wildman–Crippen MR) is 153 cm³/mol. The lowest BCUT2D eigenvalue weighted by Gasteiger charge is -2.38. The lowest BCUT2D eigenvalue weighted by molar-refractivity contribution is -0.133. The first kappa shape index (κ1) is 26.4. The first-order valence-electron chi connectivity index (χ1n) is 13.9. The summed E-state index contributed by atoms with van der Waals surface area (Å²) in [6.07, 6.45) is 4.71. The molecule has 2 amide bonds. The summed E-state index contributed by atoms with van der Waals surface area (Å²) >= 11 is 0. The molecule has 3 aliphatic rings. The Labute approximate surface area is 238 Å². The van der Waals surface area contributed by atoms with Crippen LogP contribution in [-0.2, 0) is 11.2 Å². The zero-order chi connectivity index (χ0) is 28.0. The van der Waals surface area contributed by atoms with E-state index in [-0.39, 0.29) is 24.3 Å². The molecule has 0 spiro atoms. The molecule has 3 aliphatic heterocycles. The van der Waals surface area contributed by atoms with Crippen LogP contribution in [0.1, 0.15) is 45.9 Å². The maximum absolute atomic E-state index is 13.6. The largest absolute Gasteiger partial charge is 0.494 e. The Balaban J connectivity index is 1.31. The van der Waals surface area contributed by atoms with Gasteiger partial charge in [0.1, 0.15) is 23.0 Å². The van der Waals surface area contributed by atoms with Gasteiger partial charge in [-0.05, 0) is 72.0 Å². The second-order valence-electron chi connectivity index (χ2n) is 10.1.